The molecule has 0 aliphatic carbocycles. The molecule has 0 bridgehead atoms. The molecule has 10 heavy (non-hydrogen) atoms. The Bertz CT molecular complexity index is 184. The van der Waals surface area contributed by atoms with Crippen molar-refractivity contribution in [2.75, 3.05) is 13.2 Å². The molecule has 0 unspecified atom stereocenters. The Balaban J connectivity index is 3.38. The Morgan fingerprint density at radius 1 is 1.70 bits per heavy atom. The van der Waals surface area contributed by atoms with Gasteiger partial charge in [0.1, 0.15) is 0 Å². The highest BCUT2D eigenvalue weighted by molar-refractivity contribution is 8.06. The zero-order chi connectivity index (χ0) is 8.04. The van der Waals surface area contributed by atoms with Crippen molar-refractivity contribution in [1.29, 1.82) is 0 Å². The van der Waals surface area contributed by atoms with Gasteiger partial charge >= 0.3 is 6.72 Å². The average Bonchev–Trinajstić information content (AvgIpc) is 1.78. The van der Waals surface area contributed by atoms with E-state index in [1.807, 2.05) is 0 Å². The first-order chi connectivity index (χ1) is 4.56. The lowest BCUT2D eigenvalue weighted by molar-refractivity contribution is 0.259. The van der Waals surface area contributed by atoms with Crippen LogP contribution in [0.15, 0.2) is 5.11 Å². The Kier molecular flexibility index (Phi) is 4.55. The third kappa shape index (κ3) is 7.84. The molecule has 0 atom stereocenters. The number of nitrogens with zero attached hydrogens (tertiary/aromatic N) is 3. The van der Waals surface area contributed by atoms with E-state index in [0.717, 1.165) is 0 Å². The van der Waals surface area contributed by atoms with Crippen molar-refractivity contribution in [2.24, 2.45) is 5.11 Å². The molecule has 58 valence electrons. The van der Waals surface area contributed by atoms with Crippen LogP contribution in [-0.4, -0.2) is 22.9 Å². The summed E-state index contributed by atoms with van der Waals surface area (Å²) in [5.41, 5.74) is 7.76. The van der Waals surface area contributed by atoms with Gasteiger partial charge in [0.25, 0.3) is 0 Å². The lowest BCUT2D eigenvalue weighted by atomic mass is 10.8. The van der Waals surface area contributed by atoms with Crippen molar-refractivity contribution in [3.8, 4) is 0 Å². The quantitative estimate of drug-likeness (QED) is 0.218. The third-order valence-electron chi connectivity index (χ3n) is 0.514. The standard InChI is InChI=1S/C2H6N3O3PS/c3-5-4-1-2-8-9(6,7)10/h1-2H2,(H2,6,7,10). The number of hydrogen-bond donors (Lipinski definition) is 2. The molecule has 0 aromatic heterocycles. The summed E-state index contributed by atoms with van der Waals surface area (Å²) >= 11 is 4.10. The van der Waals surface area contributed by atoms with E-state index in [1.54, 1.807) is 0 Å². The van der Waals surface area contributed by atoms with Crippen LogP contribution in [0, 0.1) is 0 Å². The molecule has 6 nitrogen and oxygen atoms in total. The van der Waals surface area contributed by atoms with Crippen LogP contribution in [0.3, 0.4) is 0 Å². The summed E-state index contributed by atoms with van der Waals surface area (Å²) in [7, 11) is 0. The van der Waals surface area contributed by atoms with Gasteiger partial charge in [-0.3, -0.25) is 0 Å². The normalized spacial score (nSPS) is 10.6. The van der Waals surface area contributed by atoms with Gasteiger partial charge < -0.3 is 14.3 Å². The molecule has 0 radical (unpaired) electrons. The van der Waals surface area contributed by atoms with E-state index in [9.17, 15) is 0 Å². The van der Waals surface area contributed by atoms with Crippen LogP contribution in [0.25, 0.3) is 10.4 Å². The Morgan fingerprint density at radius 2 is 2.30 bits per heavy atom. The highest BCUT2D eigenvalue weighted by Crippen LogP contribution is 2.35. The number of rotatable bonds is 4. The Hall–Kier alpha value is -0.160. The maximum atomic E-state index is 8.44. The summed E-state index contributed by atoms with van der Waals surface area (Å²) in [4.78, 5) is 19.3. The highest BCUT2D eigenvalue weighted by atomic mass is 32.5. The molecule has 0 spiro atoms. The SMILES string of the molecule is [N-]=[N+]=NCCOP(O)(O)=S. The second-order valence-electron chi connectivity index (χ2n) is 1.28. The molecule has 0 saturated heterocycles. The van der Waals surface area contributed by atoms with Crippen LogP contribution in [-0.2, 0) is 16.3 Å². The van der Waals surface area contributed by atoms with E-state index < -0.39 is 6.72 Å². The fourth-order valence-corrected chi connectivity index (χ4v) is 0.788. The van der Waals surface area contributed by atoms with Crippen molar-refractivity contribution in [3.05, 3.63) is 10.4 Å². The molecule has 2 N–H and O–H groups in total. The molecule has 0 amide bonds. The molecule has 0 aromatic carbocycles. The summed E-state index contributed by atoms with van der Waals surface area (Å²) in [6, 6.07) is 0. The van der Waals surface area contributed by atoms with Crippen LogP contribution >= 0.6 is 6.72 Å². The molecule has 0 heterocycles. The molecular weight excluding hydrogens is 177 g/mol. The molecule has 0 fully saturated rings. The van der Waals surface area contributed by atoms with Gasteiger partial charge in [-0.2, -0.15) is 0 Å². The van der Waals surface area contributed by atoms with Gasteiger partial charge in [0.15, 0.2) is 0 Å². The van der Waals surface area contributed by atoms with Crippen molar-refractivity contribution >= 4 is 18.5 Å². The molecule has 8 heteroatoms. The van der Waals surface area contributed by atoms with E-state index in [4.69, 9.17) is 15.3 Å². The van der Waals surface area contributed by atoms with Gasteiger partial charge in [0, 0.05) is 11.5 Å². The van der Waals surface area contributed by atoms with Crippen LogP contribution in [0.2, 0.25) is 0 Å². The smallest absolute Gasteiger partial charge is 0.321 e. The predicted octanol–water partition coefficient (Wildman–Crippen LogP) is 0.522. The lowest BCUT2D eigenvalue weighted by Gasteiger charge is -2.04. The van der Waals surface area contributed by atoms with E-state index >= 15 is 0 Å². The third-order valence-corrected chi connectivity index (χ3v) is 1.35. The topological polar surface area (TPSA) is 98.5 Å². The highest BCUT2D eigenvalue weighted by Gasteiger charge is 2.05. The molecule has 0 rings (SSSR count). The van der Waals surface area contributed by atoms with Crippen LogP contribution in [0.5, 0.6) is 0 Å². The van der Waals surface area contributed by atoms with E-state index in [2.05, 4.69) is 26.4 Å². The Labute approximate surface area is 62.3 Å². The zero-order valence-corrected chi connectivity index (χ0v) is 6.62. The van der Waals surface area contributed by atoms with Crippen molar-refractivity contribution < 1.29 is 14.3 Å². The van der Waals surface area contributed by atoms with Gasteiger partial charge in [-0.1, -0.05) is 5.11 Å². The van der Waals surface area contributed by atoms with Gasteiger partial charge in [-0.15, -0.1) is 0 Å². The van der Waals surface area contributed by atoms with Crippen LogP contribution in [0.1, 0.15) is 0 Å². The predicted molar refractivity (Wildman–Crippen MR) is 38.7 cm³/mol. The summed E-state index contributed by atoms with van der Waals surface area (Å²) in [5.74, 6) is 0. The summed E-state index contributed by atoms with van der Waals surface area (Å²) in [6.07, 6.45) is 0. The molecule has 0 aliphatic heterocycles. The lowest BCUT2D eigenvalue weighted by Crippen LogP contribution is -1.94. The van der Waals surface area contributed by atoms with E-state index in [-0.39, 0.29) is 13.2 Å². The fourth-order valence-electron chi connectivity index (χ4n) is 0.245. The van der Waals surface area contributed by atoms with Crippen LogP contribution in [0.4, 0.5) is 0 Å². The first kappa shape index (κ1) is 9.84. The first-order valence-corrected chi connectivity index (χ1v) is 4.90. The minimum absolute atomic E-state index is 0.0516. The summed E-state index contributed by atoms with van der Waals surface area (Å²) < 4.78 is 4.30. The van der Waals surface area contributed by atoms with Crippen molar-refractivity contribution in [2.45, 2.75) is 0 Å². The minimum Gasteiger partial charge on any atom is -0.325 e. The molecular formula is C2H6N3O3PS. The first-order valence-electron chi connectivity index (χ1n) is 2.27. The number of azide groups is 1. The van der Waals surface area contributed by atoms with Gasteiger partial charge in [-0.25, -0.2) is 0 Å². The van der Waals surface area contributed by atoms with Gasteiger partial charge in [0.2, 0.25) is 0 Å². The fraction of sp³-hybridized carbons (Fsp3) is 1.00. The second-order valence-corrected chi connectivity index (χ2v) is 3.94. The largest absolute Gasteiger partial charge is 0.325 e. The molecule has 0 saturated carbocycles. The minimum atomic E-state index is -3.56. The van der Waals surface area contributed by atoms with Gasteiger partial charge in [0.05, 0.1) is 6.61 Å². The monoisotopic (exact) mass is 183 g/mol. The second kappa shape index (κ2) is 4.62. The van der Waals surface area contributed by atoms with Gasteiger partial charge in [-0.05, 0) is 17.3 Å². The maximum absolute atomic E-state index is 8.44. The van der Waals surface area contributed by atoms with E-state index in [0.29, 0.717) is 0 Å². The summed E-state index contributed by atoms with van der Waals surface area (Å²) in [6.45, 7) is -3.57. The van der Waals surface area contributed by atoms with Crippen molar-refractivity contribution in [1.82, 2.24) is 0 Å². The van der Waals surface area contributed by atoms with Crippen molar-refractivity contribution in [3.63, 3.8) is 0 Å². The molecule has 0 aliphatic rings. The molecule has 0 aromatic rings. The van der Waals surface area contributed by atoms with Crippen LogP contribution < -0.4 is 0 Å². The van der Waals surface area contributed by atoms with E-state index in [1.165, 1.54) is 0 Å². The summed E-state index contributed by atoms with van der Waals surface area (Å²) in [5, 5.41) is 3.08. The average molecular weight is 183 g/mol. The Morgan fingerprint density at radius 3 is 2.70 bits per heavy atom. The maximum Gasteiger partial charge on any atom is 0.321 e. The zero-order valence-electron chi connectivity index (χ0n) is 4.91. The number of hydrogen-bond acceptors (Lipinski definition) is 3.